The van der Waals surface area contributed by atoms with Gasteiger partial charge in [-0.3, -0.25) is 0 Å². The van der Waals surface area contributed by atoms with E-state index in [1.165, 1.54) is 11.3 Å². The molecule has 0 spiro atoms. The molecule has 0 bridgehead atoms. The number of hydrogen-bond acceptors (Lipinski definition) is 2. The minimum absolute atomic E-state index is 0.619. The van der Waals surface area contributed by atoms with Gasteiger partial charge in [-0.25, -0.2) is 0 Å². The third kappa shape index (κ3) is 2.38. The SMILES string of the molecule is CC(C)CN1C[C@@H](CN)Cc2ccccc21. The highest BCUT2D eigenvalue weighted by atomic mass is 15.1. The summed E-state index contributed by atoms with van der Waals surface area (Å²) in [4.78, 5) is 2.50. The lowest BCUT2D eigenvalue weighted by molar-refractivity contribution is 0.477. The van der Waals surface area contributed by atoms with Crippen molar-refractivity contribution in [3.05, 3.63) is 29.8 Å². The van der Waals surface area contributed by atoms with Gasteiger partial charge < -0.3 is 10.6 Å². The van der Waals surface area contributed by atoms with Gasteiger partial charge >= 0.3 is 0 Å². The fourth-order valence-corrected chi connectivity index (χ4v) is 2.55. The van der Waals surface area contributed by atoms with Gasteiger partial charge in [0.05, 0.1) is 0 Å². The van der Waals surface area contributed by atoms with Crippen LogP contribution in [0.5, 0.6) is 0 Å². The third-order valence-corrected chi connectivity index (χ3v) is 3.24. The summed E-state index contributed by atoms with van der Waals surface area (Å²) in [6.45, 7) is 7.59. The standard InChI is InChI=1S/C14H22N2/c1-11(2)9-16-10-12(8-15)7-13-5-3-4-6-14(13)16/h3-6,11-12H,7-10,15H2,1-2H3/t12-/m1/s1. The maximum atomic E-state index is 5.83. The van der Waals surface area contributed by atoms with Crippen molar-refractivity contribution in [2.75, 3.05) is 24.5 Å². The van der Waals surface area contributed by atoms with Crippen molar-refractivity contribution in [3.8, 4) is 0 Å². The molecule has 1 aromatic carbocycles. The van der Waals surface area contributed by atoms with Gasteiger partial charge in [0.25, 0.3) is 0 Å². The van der Waals surface area contributed by atoms with Crippen LogP contribution in [0.1, 0.15) is 19.4 Å². The summed E-state index contributed by atoms with van der Waals surface area (Å²) in [5.74, 6) is 1.32. The summed E-state index contributed by atoms with van der Waals surface area (Å²) >= 11 is 0. The topological polar surface area (TPSA) is 29.3 Å². The molecule has 0 unspecified atom stereocenters. The number of benzene rings is 1. The van der Waals surface area contributed by atoms with E-state index in [0.717, 1.165) is 26.1 Å². The van der Waals surface area contributed by atoms with Crippen molar-refractivity contribution in [3.63, 3.8) is 0 Å². The molecule has 2 rings (SSSR count). The number of fused-ring (bicyclic) bond motifs is 1. The third-order valence-electron chi connectivity index (χ3n) is 3.24. The predicted octanol–water partition coefficient (Wildman–Crippen LogP) is 2.28. The van der Waals surface area contributed by atoms with Gasteiger partial charge in [0.1, 0.15) is 0 Å². The fourth-order valence-electron chi connectivity index (χ4n) is 2.55. The summed E-state index contributed by atoms with van der Waals surface area (Å²) in [5.41, 5.74) is 8.71. The molecular weight excluding hydrogens is 196 g/mol. The van der Waals surface area contributed by atoms with E-state index in [2.05, 4.69) is 43.0 Å². The van der Waals surface area contributed by atoms with Gasteiger partial charge in [-0.1, -0.05) is 32.0 Å². The predicted molar refractivity (Wildman–Crippen MR) is 69.7 cm³/mol. The van der Waals surface area contributed by atoms with Crippen LogP contribution >= 0.6 is 0 Å². The highest BCUT2D eigenvalue weighted by Gasteiger charge is 2.23. The first-order valence-electron chi connectivity index (χ1n) is 6.23. The second-order valence-corrected chi connectivity index (χ2v) is 5.23. The van der Waals surface area contributed by atoms with Crippen LogP contribution in [0.15, 0.2) is 24.3 Å². The zero-order valence-corrected chi connectivity index (χ0v) is 10.3. The van der Waals surface area contributed by atoms with Crippen LogP contribution in [0.4, 0.5) is 5.69 Å². The monoisotopic (exact) mass is 218 g/mol. The second kappa shape index (κ2) is 4.88. The number of hydrogen-bond donors (Lipinski definition) is 1. The molecule has 0 aliphatic carbocycles. The molecule has 1 aliphatic heterocycles. The first-order chi connectivity index (χ1) is 7.70. The Labute approximate surface area is 98.4 Å². The lowest BCUT2D eigenvalue weighted by atomic mass is 9.92. The van der Waals surface area contributed by atoms with Crippen molar-refractivity contribution >= 4 is 5.69 Å². The van der Waals surface area contributed by atoms with Crippen LogP contribution < -0.4 is 10.6 Å². The van der Waals surface area contributed by atoms with Gasteiger partial charge in [0.15, 0.2) is 0 Å². The van der Waals surface area contributed by atoms with E-state index < -0.39 is 0 Å². The molecule has 0 fully saturated rings. The Hall–Kier alpha value is -1.02. The van der Waals surface area contributed by atoms with Crippen molar-refractivity contribution in [1.82, 2.24) is 0 Å². The summed E-state index contributed by atoms with van der Waals surface area (Å²) in [7, 11) is 0. The molecule has 2 nitrogen and oxygen atoms in total. The van der Waals surface area contributed by atoms with Gasteiger partial charge in [0, 0.05) is 18.8 Å². The molecule has 2 N–H and O–H groups in total. The highest BCUT2D eigenvalue weighted by Crippen LogP contribution is 2.29. The molecule has 0 aromatic heterocycles. The van der Waals surface area contributed by atoms with Crippen molar-refractivity contribution in [2.24, 2.45) is 17.6 Å². The Kier molecular flexibility index (Phi) is 3.49. The molecule has 2 heteroatoms. The average Bonchev–Trinajstić information content (AvgIpc) is 2.28. The molecule has 0 amide bonds. The quantitative estimate of drug-likeness (QED) is 0.843. The summed E-state index contributed by atoms with van der Waals surface area (Å²) < 4.78 is 0. The summed E-state index contributed by atoms with van der Waals surface area (Å²) in [6.07, 6.45) is 1.14. The number of rotatable bonds is 3. The van der Waals surface area contributed by atoms with E-state index in [0.29, 0.717) is 11.8 Å². The maximum absolute atomic E-state index is 5.83. The molecule has 16 heavy (non-hydrogen) atoms. The molecule has 1 heterocycles. The number of nitrogens with two attached hydrogens (primary N) is 1. The molecule has 0 saturated carbocycles. The Balaban J connectivity index is 2.24. The van der Waals surface area contributed by atoms with Crippen LogP contribution in [0.3, 0.4) is 0 Å². The lowest BCUT2D eigenvalue weighted by Crippen LogP contribution is -2.40. The number of anilines is 1. The Bertz CT molecular complexity index is 346. The zero-order chi connectivity index (χ0) is 11.5. The molecule has 1 aromatic rings. The van der Waals surface area contributed by atoms with Gasteiger partial charge in [-0.2, -0.15) is 0 Å². The van der Waals surface area contributed by atoms with Crippen LogP contribution in [-0.4, -0.2) is 19.6 Å². The van der Waals surface area contributed by atoms with Crippen LogP contribution in [0.25, 0.3) is 0 Å². The second-order valence-electron chi connectivity index (χ2n) is 5.23. The van der Waals surface area contributed by atoms with Crippen molar-refractivity contribution in [2.45, 2.75) is 20.3 Å². The smallest absolute Gasteiger partial charge is 0.0399 e. The van der Waals surface area contributed by atoms with E-state index in [-0.39, 0.29) is 0 Å². The van der Waals surface area contributed by atoms with E-state index in [1.54, 1.807) is 0 Å². The largest absolute Gasteiger partial charge is 0.371 e. The Morgan fingerprint density at radius 1 is 1.38 bits per heavy atom. The van der Waals surface area contributed by atoms with Crippen LogP contribution in [-0.2, 0) is 6.42 Å². The molecule has 1 aliphatic rings. The minimum atomic E-state index is 0.619. The van der Waals surface area contributed by atoms with Crippen molar-refractivity contribution < 1.29 is 0 Å². The first kappa shape index (κ1) is 11.5. The summed E-state index contributed by atoms with van der Waals surface area (Å²) in [6, 6.07) is 8.75. The van der Waals surface area contributed by atoms with E-state index >= 15 is 0 Å². The van der Waals surface area contributed by atoms with Crippen LogP contribution in [0.2, 0.25) is 0 Å². The lowest BCUT2D eigenvalue weighted by Gasteiger charge is -2.36. The zero-order valence-electron chi connectivity index (χ0n) is 10.3. The molecule has 88 valence electrons. The van der Waals surface area contributed by atoms with Crippen molar-refractivity contribution in [1.29, 1.82) is 0 Å². The first-order valence-corrected chi connectivity index (χ1v) is 6.23. The molecule has 0 saturated heterocycles. The molecular formula is C14H22N2. The fraction of sp³-hybridized carbons (Fsp3) is 0.571. The Morgan fingerprint density at radius 2 is 2.12 bits per heavy atom. The van der Waals surface area contributed by atoms with E-state index in [9.17, 15) is 0 Å². The average molecular weight is 218 g/mol. The van der Waals surface area contributed by atoms with Gasteiger partial charge in [-0.15, -0.1) is 0 Å². The normalized spacial score (nSPS) is 20.0. The van der Waals surface area contributed by atoms with Gasteiger partial charge in [-0.05, 0) is 36.4 Å². The van der Waals surface area contributed by atoms with Gasteiger partial charge in [0.2, 0.25) is 0 Å². The van der Waals surface area contributed by atoms with Crippen LogP contribution in [0, 0.1) is 11.8 Å². The minimum Gasteiger partial charge on any atom is -0.371 e. The Morgan fingerprint density at radius 3 is 2.81 bits per heavy atom. The number of para-hydroxylation sites is 1. The molecule has 1 atom stereocenters. The highest BCUT2D eigenvalue weighted by molar-refractivity contribution is 5.55. The number of nitrogens with zero attached hydrogens (tertiary/aromatic N) is 1. The van der Waals surface area contributed by atoms with E-state index in [4.69, 9.17) is 5.73 Å². The summed E-state index contributed by atoms with van der Waals surface area (Å²) in [5, 5.41) is 0. The maximum Gasteiger partial charge on any atom is 0.0399 e. The van der Waals surface area contributed by atoms with E-state index in [1.807, 2.05) is 0 Å². The molecule has 0 radical (unpaired) electrons.